The maximum Gasteiger partial charge on any atom is 0.0932 e. The zero-order valence-electron chi connectivity index (χ0n) is 8.66. The third kappa shape index (κ3) is 2.32. The molecule has 3 nitrogen and oxygen atoms in total. The van der Waals surface area contributed by atoms with E-state index in [2.05, 4.69) is 4.84 Å². The summed E-state index contributed by atoms with van der Waals surface area (Å²) < 4.78 is 0. The molecule has 0 saturated heterocycles. The normalized spacial score (nSPS) is 11.7. The molecule has 14 heavy (non-hydrogen) atoms. The van der Waals surface area contributed by atoms with Crippen molar-refractivity contribution < 1.29 is 9.94 Å². The van der Waals surface area contributed by atoms with Crippen LogP contribution < -0.4 is 5.90 Å². The second kappa shape index (κ2) is 4.55. The van der Waals surface area contributed by atoms with E-state index >= 15 is 0 Å². The van der Waals surface area contributed by atoms with Crippen LogP contribution in [0.5, 0.6) is 0 Å². The summed E-state index contributed by atoms with van der Waals surface area (Å²) in [5, 5.41) is 9.27. The molecule has 1 aromatic rings. The van der Waals surface area contributed by atoms with Crippen LogP contribution in [0.15, 0.2) is 24.3 Å². The van der Waals surface area contributed by atoms with Crippen LogP contribution in [0.2, 0.25) is 0 Å². The van der Waals surface area contributed by atoms with Crippen molar-refractivity contribution in [3.05, 3.63) is 35.4 Å². The van der Waals surface area contributed by atoms with E-state index in [4.69, 9.17) is 5.90 Å². The van der Waals surface area contributed by atoms with Gasteiger partial charge in [0.25, 0.3) is 0 Å². The quantitative estimate of drug-likeness (QED) is 0.713. The summed E-state index contributed by atoms with van der Waals surface area (Å²) in [5.41, 5.74) is 1.84. The van der Waals surface area contributed by atoms with E-state index in [-0.39, 0.29) is 12.0 Å². The fourth-order valence-electron chi connectivity index (χ4n) is 1.48. The van der Waals surface area contributed by atoms with Gasteiger partial charge in [-0.2, -0.15) is 0 Å². The Labute approximate surface area is 84.5 Å². The molecule has 1 rings (SSSR count). The van der Waals surface area contributed by atoms with Gasteiger partial charge in [0.1, 0.15) is 0 Å². The average molecular weight is 195 g/mol. The molecule has 0 spiro atoms. The Balaban J connectivity index is 3.06. The Hall–Kier alpha value is -0.900. The smallest absolute Gasteiger partial charge is 0.0932 e. The third-order valence-electron chi connectivity index (χ3n) is 2.38. The highest BCUT2D eigenvalue weighted by Crippen LogP contribution is 2.26. The number of nitrogens with two attached hydrogens (primary N) is 1. The predicted molar refractivity (Wildman–Crippen MR) is 55.5 cm³/mol. The number of aliphatic hydroxyl groups is 1. The zero-order valence-corrected chi connectivity index (χ0v) is 8.66. The molecule has 0 aliphatic carbocycles. The minimum Gasteiger partial charge on any atom is -0.395 e. The number of hydrogen-bond acceptors (Lipinski definition) is 3. The van der Waals surface area contributed by atoms with E-state index in [1.54, 1.807) is 0 Å². The third-order valence-corrected chi connectivity index (χ3v) is 2.38. The molecule has 0 atom stereocenters. The first-order chi connectivity index (χ1) is 6.61. The molecule has 3 N–H and O–H groups in total. The lowest BCUT2D eigenvalue weighted by atomic mass is 9.83. The molecule has 0 heterocycles. The molecule has 1 aromatic carbocycles. The van der Waals surface area contributed by atoms with Gasteiger partial charge in [-0.1, -0.05) is 38.1 Å². The molecule has 0 aliphatic rings. The van der Waals surface area contributed by atoms with E-state index in [1.807, 2.05) is 38.1 Å². The highest BCUT2D eigenvalue weighted by atomic mass is 16.6. The van der Waals surface area contributed by atoms with Crippen molar-refractivity contribution >= 4 is 0 Å². The summed E-state index contributed by atoms with van der Waals surface area (Å²) in [6.07, 6.45) is 0. The van der Waals surface area contributed by atoms with Gasteiger partial charge >= 0.3 is 0 Å². The van der Waals surface area contributed by atoms with Gasteiger partial charge < -0.3 is 5.11 Å². The SMILES string of the molecule is CC(C)(CO)c1ccccc1CON. The van der Waals surface area contributed by atoms with Crippen LogP contribution in [0.3, 0.4) is 0 Å². The molecule has 0 bridgehead atoms. The topological polar surface area (TPSA) is 55.5 Å². The lowest BCUT2D eigenvalue weighted by Gasteiger charge is -2.25. The van der Waals surface area contributed by atoms with Crippen molar-refractivity contribution in [3.8, 4) is 0 Å². The number of aliphatic hydroxyl groups excluding tert-OH is 1. The molecule has 0 unspecified atom stereocenters. The minimum atomic E-state index is -0.255. The molecule has 0 aliphatic heterocycles. The molecule has 78 valence electrons. The van der Waals surface area contributed by atoms with E-state index in [0.29, 0.717) is 6.61 Å². The van der Waals surface area contributed by atoms with E-state index in [9.17, 15) is 5.11 Å². The monoisotopic (exact) mass is 195 g/mol. The lowest BCUT2D eigenvalue weighted by Crippen LogP contribution is -2.24. The van der Waals surface area contributed by atoms with E-state index in [0.717, 1.165) is 11.1 Å². The number of rotatable bonds is 4. The molecule has 0 fully saturated rings. The first kappa shape index (κ1) is 11.2. The largest absolute Gasteiger partial charge is 0.395 e. The van der Waals surface area contributed by atoms with Gasteiger partial charge in [-0.25, -0.2) is 5.90 Å². The molecule has 0 radical (unpaired) electrons. The van der Waals surface area contributed by atoms with Crippen molar-refractivity contribution in [2.45, 2.75) is 25.9 Å². The maximum absolute atomic E-state index is 9.27. The first-order valence-electron chi connectivity index (χ1n) is 4.63. The Bertz CT molecular complexity index is 297. The van der Waals surface area contributed by atoms with Gasteiger partial charge in [0, 0.05) is 5.41 Å². The highest BCUT2D eigenvalue weighted by Gasteiger charge is 2.21. The van der Waals surface area contributed by atoms with Crippen molar-refractivity contribution in [2.75, 3.05) is 6.61 Å². The van der Waals surface area contributed by atoms with Gasteiger partial charge in [0.15, 0.2) is 0 Å². The summed E-state index contributed by atoms with van der Waals surface area (Å²) in [5.74, 6) is 5.05. The summed E-state index contributed by atoms with van der Waals surface area (Å²) in [4.78, 5) is 4.63. The van der Waals surface area contributed by atoms with Gasteiger partial charge in [-0.05, 0) is 11.1 Å². The fourth-order valence-corrected chi connectivity index (χ4v) is 1.48. The molecule has 0 aromatic heterocycles. The van der Waals surface area contributed by atoms with Crippen molar-refractivity contribution in [2.24, 2.45) is 5.90 Å². The van der Waals surface area contributed by atoms with Crippen molar-refractivity contribution in [1.82, 2.24) is 0 Å². The lowest BCUT2D eigenvalue weighted by molar-refractivity contribution is 0.121. The van der Waals surface area contributed by atoms with Gasteiger partial charge in [-0.3, -0.25) is 4.84 Å². The highest BCUT2D eigenvalue weighted by molar-refractivity contribution is 5.32. The fraction of sp³-hybridized carbons (Fsp3) is 0.455. The van der Waals surface area contributed by atoms with Crippen LogP contribution in [0.1, 0.15) is 25.0 Å². The molecule has 0 saturated carbocycles. The summed E-state index contributed by atoms with van der Waals surface area (Å²) in [6.45, 7) is 4.46. The van der Waals surface area contributed by atoms with Gasteiger partial charge in [0.2, 0.25) is 0 Å². The molecule has 0 amide bonds. The zero-order chi connectivity index (χ0) is 10.6. The summed E-state index contributed by atoms with van der Waals surface area (Å²) in [7, 11) is 0. The van der Waals surface area contributed by atoms with Crippen LogP contribution in [0, 0.1) is 0 Å². The van der Waals surface area contributed by atoms with Crippen LogP contribution in [-0.4, -0.2) is 11.7 Å². The Morgan fingerprint density at radius 3 is 2.57 bits per heavy atom. The Kier molecular flexibility index (Phi) is 3.63. The second-order valence-electron chi connectivity index (χ2n) is 4.01. The number of hydrogen-bond donors (Lipinski definition) is 2. The van der Waals surface area contributed by atoms with Crippen LogP contribution in [-0.2, 0) is 16.9 Å². The number of benzene rings is 1. The Morgan fingerprint density at radius 1 is 1.36 bits per heavy atom. The minimum absolute atomic E-state index is 0.106. The first-order valence-corrected chi connectivity index (χ1v) is 4.63. The molecular weight excluding hydrogens is 178 g/mol. The average Bonchev–Trinajstić information content (AvgIpc) is 2.19. The van der Waals surface area contributed by atoms with Crippen LogP contribution in [0.25, 0.3) is 0 Å². The summed E-state index contributed by atoms with van der Waals surface area (Å²) >= 11 is 0. The van der Waals surface area contributed by atoms with Gasteiger partial charge in [-0.15, -0.1) is 0 Å². The van der Waals surface area contributed by atoms with E-state index < -0.39 is 0 Å². The van der Waals surface area contributed by atoms with Crippen molar-refractivity contribution in [3.63, 3.8) is 0 Å². The van der Waals surface area contributed by atoms with Gasteiger partial charge in [0.05, 0.1) is 13.2 Å². The van der Waals surface area contributed by atoms with E-state index in [1.165, 1.54) is 0 Å². The maximum atomic E-state index is 9.27. The molecular formula is C11H17NO2. The van der Waals surface area contributed by atoms with Crippen LogP contribution in [0.4, 0.5) is 0 Å². The standard InChI is InChI=1S/C11H17NO2/c1-11(2,8-13)10-6-4-3-5-9(10)7-14-12/h3-6,13H,7-8,12H2,1-2H3. The Morgan fingerprint density at radius 2 is 2.00 bits per heavy atom. The van der Waals surface area contributed by atoms with Crippen LogP contribution >= 0.6 is 0 Å². The predicted octanol–water partition coefficient (Wildman–Crippen LogP) is 1.35. The summed E-state index contributed by atoms with van der Waals surface area (Å²) in [6, 6.07) is 7.84. The molecule has 3 heteroatoms. The van der Waals surface area contributed by atoms with Crippen molar-refractivity contribution in [1.29, 1.82) is 0 Å². The second-order valence-corrected chi connectivity index (χ2v) is 4.01.